The number of rotatable bonds is 3. The van der Waals surface area contributed by atoms with Gasteiger partial charge in [0.2, 0.25) is 0 Å². The smallest absolute Gasteiger partial charge is 0.0701 e. The summed E-state index contributed by atoms with van der Waals surface area (Å²) in [7, 11) is 0. The van der Waals surface area contributed by atoms with E-state index in [0.29, 0.717) is 5.92 Å². The van der Waals surface area contributed by atoms with Gasteiger partial charge in [-0.15, -0.1) is 11.3 Å². The zero-order valence-corrected chi connectivity index (χ0v) is 11.6. The van der Waals surface area contributed by atoms with Gasteiger partial charge in [0.1, 0.15) is 0 Å². The minimum atomic E-state index is -0.110. The van der Waals surface area contributed by atoms with Crippen molar-refractivity contribution in [1.29, 1.82) is 0 Å². The highest BCUT2D eigenvalue weighted by Gasteiger charge is 2.42. The molecule has 1 aromatic rings. The Hall–Kier alpha value is 0.140. The van der Waals surface area contributed by atoms with Crippen LogP contribution < -0.4 is 0 Å². The van der Waals surface area contributed by atoms with Crippen LogP contribution in [0.15, 0.2) is 15.9 Å². The van der Waals surface area contributed by atoms with Crippen LogP contribution in [0.4, 0.5) is 0 Å². The summed E-state index contributed by atoms with van der Waals surface area (Å²) < 4.78 is 1.17. The molecular weight excluding hydrogens is 284 g/mol. The summed E-state index contributed by atoms with van der Waals surface area (Å²) in [6.07, 6.45) is 6.18. The Morgan fingerprint density at radius 1 is 1.38 bits per heavy atom. The van der Waals surface area contributed by atoms with Crippen molar-refractivity contribution in [2.24, 2.45) is 17.8 Å². The molecule has 4 unspecified atom stereocenters. The summed E-state index contributed by atoms with van der Waals surface area (Å²) in [5.41, 5.74) is 0. The molecule has 4 atom stereocenters. The molecule has 1 N–H and O–H groups in total. The highest BCUT2D eigenvalue weighted by Crippen LogP contribution is 2.50. The highest BCUT2D eigenvalue weighted by atomic mass is 79.9. The van der Waals surface area contributed by atoms with Crippen LogP contribution in [0.5, 0.6) is 0 Å². The van der Waals surface area contributed by atoms with Crippen molar-refractivity contribution in [2.75, 3.05) is 0 Å². The van der Waals surface area contributed by atoms with E-state index in [1.165, 1.54) is 34.3 Å². The molecular formula is C13H17BrOS. The van der Waals surface area contributed by atoms with E-state index in [9.17, 15) is 5.11 Å². The number of hydrogen-bond donors (Lipinski definition) is 1. The Labute approximate surface area is 109 Å². The molecule has 2 saturated carbocycles. The summed E-state index contributed by atoms with van der Waals surface area (Å²) >= 11 is 5.23. The normalized spacial score (nSPS) is 34.5. The number of fused-ring (bicyclic) bond motifs is 2. The molecule has 0 aromatic carbocycles. The average molecular weight is 301 g/mol. The Bertz CT molecular complexity index is 376. The molecule has 2 aliphatic carbocycles. The van der Waals surface area contributed by atoms with E-state index in [0.717, 1.165) is 18.3 Å². The molecule has 2 fully saturated rings. The Kier molecular flexibility index (Phi) is 3.11. The van der Waals surface area contributed by atoms with Crippen LogP contribution in [0.2, 0.25) is 0 Å². The van der Waals surface area contributed by atoms with Crippen LogP contribution in [0.3, 0.4) is 0 Å². The highest BCUT2D eigenvalue weighted by molar-refractivity contribution is 9.11. The lowest BCUT2D eigenvalue weighted by Gasteiger charge is -2.26. The van der Waals surface area contributed by atoms with Gasteiger partial charge in [-0.05, 0) is 65.1 Å². The van der Waals surface area contributed by atoms with E-state index in [1.807, 2.05) is 0 Å². The maximum absolute atomic E-state index is 10.3. The van der Waals surface area contributed by atoms with Crippen molar-refractivity contribution in [3.63, 3.8) is 0 Å². The van der Waals surface area contributed by atoms with E-state index < -0.39 is 0 Å². The zero-order valence-electron chi connectivity index (χ0n) is 9.23. The molecule has 3 heteroatoms. The predicted molar refractivity (Wildman–Crippen MR) is 70.7 cm³/mol. The lowest BCUT2D eigenvalue weighted by Crippen LogP contribution is -2.27. The van der Waals surface area contributed by atoms with Crippen LogP contribution in [0.1, 0.15) is 30.6 Å². The van der Waals surface area contributed by atoms with Crippen molar-refractivity contribution in [3.8, 4) is 0 Å². The van der Waals surface area contributed by atoms with Gasteiger partial charge in [-0.25, -0.2) is 0 Å². The van der Waals surface area contributed by atoms with Crippen LogP contribution in [0, 0.1) is 17.8 Å². The average Bonchev–Trinajstić information content (AvgIpc) is 2.93. The molecule has 88 valence electrons. The third-order valence-electron chi connectivity index (χ3n) is 4.33. The first kappa shape index (κ1) is 11.2. The molecule has 16 heavy (non-hydrogen) atoms. The molecule has 3 rings (SSSR count). The summed E-state index contributed by atoms with van der Waals surface area (Å²) in [6, 6.07) is 4.21. The van der Waals surface area contributed by atoms with Gasteiger partial charge in [0, 0.05) is 11.3 Å². The van der Waals surface area contributed by atoms with Gasteiger partial charge in [-0.1, -0.05) is 6.42 Å². The van der Waals surface area contributed by atoms with Crippen molar-refractivity contribution < 1.29 is 5.11 Å². The topological polar surface area (TPSA) is 20.2 Å². The molecule has 0 spiro atoms. The van der Waals surface area contributed by atoms with Gasteiger partial charge in [0.05, 0.1) is 9.89 Å². The number of aliphatic hydroxyl groups excluding tert-OH is 1. The molecule has 0 saturated heterocycles. The molecule has 0 aliphatic heterocycles. The quantitative estimate of drug-likeness (QED) is 0.899. The SMILES string of the molecule is OC(Cc1ccc(Br)s1)C1CC2CCC1C2. The third kappa shape index (κ3) is 2.09. The number of hydrogen-bond acceptors (Lipinski definition) is 2. The fourth-order valence-corrected chi connectivity index (χ4v) is 5.12. The van der Waals surface area contributed by atoms with Crippen LogP contribution in [-0.4, -0.2) is 11.2 Å². The van der Waals surface area contributed by atoms with Gasteiger partial charge in [-0.2, -0.15) is 0 Å². The molecule has 1 nitrogen and oxygen atoms in total. The molecule has 1 heterocycles. The van der Waals surface area contributed by atoms with Gasteiger partial charge >= 0.3 is 0 Å². The summed E-state index contributed by atoms with van der Waals surface area (Å²) in [6.45, 7) is 0. The van der Waals surface area contributed by atoms with Gasteiger partial charge < -0.3 is 5.11 Å². The first-order valence-electron chi connectivity index (χ1n) is 6.14. The fraction of sp³-hybridized carbons (Fsp3) is 0.692. The van der Waals surface area contributed by atoms with E-state index in [-0.39, 0.29) is 6.10 Å². The lowest BCUT2D eigenvalue weighted by atomic mass is 9.83. The lowest BCUT2D eigenvalue weighted by molar-refractivity contribution is 0.0757. The van der Waals surface area contributed by atoms with E-state index in [4.69, 9.17) is 0 Å². The molecule has 2 bridgehead atoms. The second-order valence-electron chi connectivity index (χ2n) is 5.32. The minimum Gasteiger partial charge on any atom is -0.392 e. The fourth-order valence-electron chi connectivity index (χ4n) is 3.58. The molecule has 0 amide bonds. The summed E-state index contributed by atoms with van der Waals surface area (Å²) in [5, 5.41) is 10.3. The molecule has 2 aliphatic rings. The van der Waals surface area contributed by atoms with Crippen molar-refractivity contribution >= 4 is 27.3 Å². The molecule has 0 radical (unpaired) electrons. The number of halogens is 1. The number of aliphatic hydroxyl groups is 1. The van der Waals surface area contributed by atoms with Gasteiger partial charge in [-0.3, -0.25) is 0 Å². The molecule has 1 aromatic heterocycles. The van der Waals surface area contributed by atoms with E-state index >= 15 is 0 Å². The zero-order chi connectivity index (χ0) is 11.1. The first-order chi connectivity index (χ1) is 7.72. The Morgan fingerprint density at radius 3 is 2.81 bits per heavy atom. The van der Waals surface area contributed by atoms with Crippen molar-refractivity contribution in [3.05, 3.63) is 20.8 Å². The van der Waals surface area contributed by atoms with E-state index in [2.05, 4.69) is 28.1 Å². The third-order valence-corrected chi connectivity index (χ3v) is 5.97. The minimum absolute atomic E-state index is 0.110. The van der Waals surface area contributed by atoms with E-state index in [1.54, 1.807) is 11.3 Å². The van der Waals surface area contributed by atoms with Crippen LogP contribution in [-0.2, 0) is 6.42 Å². The summed E-state index contributed by atoms with van der Waals surface area (Å²) in [4.78, 5) is 1.31. The van der Waals surface area contributed by atoms with Crippen LogP contribution in [0.25, 0.3) is 0 Å². The first-order valence-corrected chi connectivity index (χ1v) is 7.75. The largest absolute Gasteiger partial charge is 0.392 e. The number of thiophene rings is 1. The van der Waals surface area contributed by atoms with Crippen molar-refractivity contribution in [2.45, 2.75) is 38.2 Å². The monoisotopic (exact) mass is 300 g/mol. The maximum atomic E-state index is 10.3. The predicted octanol–water partition coefficient (Wildman–Crippen LogP) is 3.85. The van der Waals surface area contributed by atoms with Crippen LogP contribution >= 0.6 is 27.3 Å². The second-order valence-corrected chi connectivity index (χ2v) is 7.86. The maximum Gasteiger partial charge on any atom is 0.0701 e. The Morgan fingerprint density at radius 2 is 2.25 bits per heavy atom. The second kappa shape index (κ2) is 4.43. The summed E-state index contributed by atoms with van der Waals surface area (Å²) in [5.74, 6) is 2.34. The van der Waals surface area contributed by atoms with Crippen molar-refractivity contribution in [1.82, 2.24) is 0 Å². The Balaban J connectivity index is 1.63. The van der Waals surface area contributed by atoms with Gasteiger partial charge in [0.15, 0.2) is 0 Å². The standard InChI is InChI=1S/C13H17BrOS/c14-13-4-3-10(16-13)7-12(15)11-6-8-1-2-9(11)5-8/h3-4,8-9,11-12,15H,1-2,5-7H2. The van der Waals surface area contributed by atoms with Gasteiger partial charge in [0.25, 0.3) is 0 Å².